The number of piperidine rings is 1. The zero-order valence-corrected chi connectivity index (χ0v) is 11.4. The summed E-state index contributed by atoms with van der Waals surface area (Å²) in [5.41, 5.74) is 0. The third-order valence-corrected chi connectivity index (χ3v) is 3.36. The van der Waals surface area contributed by atoms with Gasteiger partial charge in [0, 0.05) is 19.3 Å². The number of carboxylic acids is 1. The van der Waals surface area contributed by atoms with Crippen LogP contribution in [-0.2, 0) is 9.59 Å². The summed E-state index contributed by atoms with van der Waals surface area (Å²) in [6, 6.07) is 3.45. The molecule has 0 radical (unpaired) electrons. The van der Waals surface area contributed by atoms with Gasteiger partial charge < -0.3 is 14.7 Å². The third-order valence-electron chi connectivity index (χ3n) is 3.36. The van der Waals surface area contributed by atoms with Crippen molar-refractivity contribution in [3.63, 3.8) is 0 Å². The average molecular weight is 278 g/mol. The molecule has 1 aromatic heterocycles. The molecule has 1 aromatic rings. The SMILES string of the molecule is CC1CC(C(=O)O)CN(C(=O)COc2cccnc2)C1. The van der Waals surface area contributed by atoms with Crippen LogP contribution in [0, 0.1) is 11.8 Å². The average Bonchev–Trinajstić information content (AvgIpc) is 2.45. The van der Waals surface area contributed by atoms with Gasteiger partial charge in [0.15, 0.2) is 6.61 Å². The van der Waals surface area contributed by atoms with Crippen molar-refractivity contribution < 1.29 is 19.4 Å². The minimum absolute atomic E-state index is 0.0925. The zero-order chi connectivity index (χ0) is 14.5. The molecule has 1 N–H and O–H groups in total. The molecule has 2 heterocycles. The monoisotopic (exact) mass is 278 g/mol. The molecule has 1 saturated heterocycles. The van der Waals surface area contributed by atoms with Crippen LogP contribution in [0.2, 0.25) is 0 Å². The summed E-state index contributed by atoms with van der Waals surface area (Å²) < 4.78 is 5.35. The van der Waals surface area contributed by atoms with Crippen LogP contribution < -0.4 is 4.74 Å². The molecule has 2 rings (SSSR count). The number of carbonyl (C=O) groups excluding carboxylic acids is 1. The Labute approximate surface area is 117 Å². The van der Waals surface area contributed by atoms with E-state index < -0.39 is 11.9 Å². The summed E-state index contributed by atoms with van der Waals surface area (Å²) in [7, 11) is 0. The van der Waals surface area contributed by atoms with Crippen molar-refractivity contribution in [1.82, 2.24) is 9.88 Å². The van der Waals surface area contributed by atoms with Crippen LogP contribution >= 0.6 is 0 Å². The van der Waals surface area contributed by atoms with Gasteiger partial charge in [0.25, 0.3) is 5.91 Å². The molecule has 1 amide bonds. The number of hydrogen-bond acceptors (Lipinski definition) is 4. The Morgan fingerprint density at radius 2 is 2.30 bits per heavy atom. The van der Waals surface area contributed by atoms with Gasteiger partial charge in [-0.15, -0.1) is 0 Å². The molecule has 2 atom stereocenters. The van der Waals surface area contributed by atoms with Gasteiger partial charge in [-0.1, -0.05) is 6.92 Å². The second-order valence-corrected chi connectivity index (χ2v) is 5.15. The Morgan fingerprint density at radius 1 is 1.50 bits per heavy atom. The number of aliphatic carboxylic acids is 1. The van der Waals surface area contributed by atoms with E-state index in [2.05, 4.69) is 4.98 Å². The number of ether oxygens (including phenoxy) is 1. The fraction of sp³-hybridized carbons (Fsp3) is 0.500. The van der Waals surface area contributed by atoms with E-state index >= 15 is 0 Å². The van der Waals surface area contributed by atoms with E-state index in [9.17, 15) is 9.59 Å². The van der Waals surface area contributed by atoms with Crippen molar-refractivity contribution >= 4 is 11.9 Å². The first-order valence-electron chi connectivity index (χ1n) is 6.59. The minimum Gasteiger partial charge on any atom is -0.482 e. The van der Waals surface area contributed by atoms with Gasteiger partial charge in [0.2, 0.25) is 0 Å². The minimum atomic E-state index is -0.845. The van der Waals surface area contributed by atoms with Crippen molar-refractivity contribution in [1.29, 1.82) is 0 Å². The molecule has 0 spiro atoms. The van der Waals surface area contributed by atoms with E-state index in [1.807, 2.05) is 6.92 Å². The number of carboxylic acid groups (broad SMARTS) is 1. The lowest BCUT2D eigenvalue weighted by Gasteiger charge is -2.34. The number of pyridine rings is 1. The molecular weight excluding hydrogens is 260 g/mol. The van der Waals surface area contributed by atoms with Crippen molar-refractivity contribution in [2.75, 3.05) is 19.7 Å². The maximum atomic E-state index is 12.1. The molecule has 6 nitrogen and oxygen atoms in total. The highest BCUT2D eigenvalue weighted by Gasteiger charge is 2.31. The molecule has 1 fully saturated rings. The lowest BCUT2D eigenvalue weighted by molar-refractivity contribution is -0.147. The number of rotatable bonds is 4. The third kappa shape index (κ3) is 3.69. The first-order valence-corrected chi connectivity index (χ1v) is 6.59. The van der Waals surface area contributed by atoms with Gasteiger partial charge in [-0.25, -0.2) is 0 Å². The fourth-order valence-corrected chi connectivity index (χ4v) is 2.40. The van der Waals surface area contributed by atoms with Crippen molar-refractivity contribution in [3.05, 3.63) is 24.5 Å². The molecule has 6 heteroatoms. The van der Waals surface area contributed by atoms with E-state index in [0.29, 0.717) is 18.7 Å². The van der Waals surface area contributed by atoms with Crippen molar-refractivity contribution in [2.24, 2.45) is 11.8 Å². The van der Waals surface area contributed by atoms with E-state index in [1.165, 1.54) is 6.20 Å². The molecule has 20 heavy (non-hydrogen) atoms. The normalized spacial score (nSPS) is 22.4. The summed E-state index contributed by atoms with van der Waals surface area (Å²) in [4.78, 5) is 28.6. The Hall–Kier alpha value is -2.11. The van der Waals surface area contributed by atoms with Crippen molar-refractivity contribution in [3.8, 4) is 5.75 Å². The molecule has 0 saturated carbocycles. The summed E-state index contributed by atoms with van der Waals surface area (Å²) in [5, 5.41) is 9.09. The number of likely N-dealkylation sites (tertiary alicyclic amines) is 1. The summed E-state index contributed by atoms with van der Waals surface area (Å²) in [6.45, 7) is 2.70. The molecular formula is C14H18N2O4. The van der Waals surface area contributed by atoms with E-state index in [4.69, 9.17) is 9.84 Å². The van der Waals surface area contributed by atoms with Crippen LogP contribution in [-0.4, -0.2) is 46.6 Å². The molecule has 1 aliphatic rings. The summed E-state index contributed by atoms with van der Waals surface area (Å²) >= 11 is 0. The molecule has 1 aliphatic heterocycles. The highest BCUT2D eigenvalue weighted by atomic mass is 16.5. The molecule has 0 bridgehead atoms. The van der Waals surface area contributed by atoms with Crippen LogP contribution in [0.15, 0.2) is 24.5 Å². The molecule has 2 unspecified atom stereocenters. The first-order chi connectivity index (χ1) is 9.56. The van der Waals surface area contributed by atoms with E-state index in [0.717, 1.165) is 0 Å². The van der Waals surface area contributed by atoms with Crippen LogP contribution in [0.4, 0.5) is 0 Å². The standard InChI is InChI=1S/C14H18N2O4/c1-10-5-11(14(18)19)8-16(7-10)13(17)9-20-12-3-2-4-15-6-12/h2-4,6,10-11H,5,7-9H2,1H3,(H,18,19). The fourth-order valence-electron chi connectivity index (χ4n) is 2.40. The van der Waals surface area contributed by atoms with Gasteiger partial charge in [0.1, 0.15) is 5.75 Å². The maximum absolute atomic E-state index is 12.1. The predicted octanol–water partition coefficient (Wildman–Crippen LogP) is 1.03. The number of hydrogen-bond donors (Lipinski definition) is 1. The summed E-state index contributed by atoms with van der Waals surface area (Å²) in [6.07, 6.45) is 3.77. The van der Waals surface area contributed by atoms with Crippen LogP contribution in [0.1, 0.15) is 13.3 Å². The van der Waals surface area contributed by atoms with Crippen molar-refractivity contribution in [2.45, 2.75) is 13.3 Å². The quantitative estimate of drug-likeness (QED) is 0.889. The van der Waals surface area contributed by atoms with Crippen LogP contribution in [0.3, 0.4) is 0 Å². The molecule has 0 aliphatic carbocycles. The highest BCUT2D eigenvalue weighted by molar-refractivity contribution is 5.79. The van der Waals surface area contributed by atoms with Gasteiger partial charge in [-0.2, -0.15) is 0 Å². The van der Waals surface area contributed by atoms with Gasteiger partial charge >= 0.3 is 5.97 Å². The Bertz CT molecular complexity index is 477. The highest BCUT2D eigenvalue weighted by Crippen LogP contribution is 2.22. The number of nitrogens with zero attached hydrogens (tertiary/aromatic N) is 2. The number of aromatic nitrogens is 1. The Morgan fingerprint density at radius 3 is 2.95 bits per heavy atom. The van der Waals surface area contributed by atoms with Crippen LogP contribution in [0.5, 0.6) is 5.75 Å². The number of carbonyl (C=O) groups is 2. The second-order valence-electron chi connectivity index (χ2n) is 5.15. The second kappa shape index (κ2) is 6.36. The first kappa shape index (κ1) is 14.3. The maximum Gasteiger partial charge on any atom is 0.308 e. The molecule has 108 valence electrons. The number of amides is 1. The lowest BCUT2D eigenvalue weighted by atomic mass is 9.90. The predicted molar refractivity (Wildman–Crippen MR) is 71.2 cm³/mol. The van der Waals surface area contributed by atoms with Gasteiger partial charge in [0.05, 0.1) is 12.1 Å². The zero-order valence-electron chi connectivity index (χ0n) is 11.4. The topological polar surface area (TPSA) is 79.7 Å². The lowest BCUT2D eigenvalue weighted by Crippen LogP contribution is -2.47. The Kier molecular flexibility index (Phi) is 4.55. The molecule has 0 aromatic carbocycles. The largest absolute Gasteiger partial charge is 0.482 e. The van der Waals surface area contributed by atoms with E-state index in [1.54, 1.807) is 23.2 Å². The van der Waals surface area contributed by atoms with Gasteiger partial charge in [-0.3, -0.25) is 14.6 Å². The van der Waals surface area contributed by atoms with E-state index in [-0.39, 0.29) is 25.0 Å². The van der Waals surface area contributed by atoms with Crippen LogP contribution in [0.25, 0.3) is 0 Å². The van der Waals surface area contributed by atoms with Gasteiger partial charge in [-0.05, 0) is 24.5 Å². The Balaban J connectivity index is 1.90. The summed E-state index contributed by atoms with van der Waals surface area (Å²) in [5.74, 6) is -0.803. The smallest absolute Gasteiger partial charge is 0.308 e.